The third kappa shape index (κ3) is 3.11. The van der Waals surface area contributed by atoms with E-state index < -0.39 is 0 Å². The number of benzene rings is 3. The van der Waals surface area contributed by atoms with Crippen LogP contribution in [0.25, 0.3) is 21.5 Å². The predicted octanol–water partition coefficient (Wildman–Crippen LogP) is 3.21. The first kappa shape index (κ1) is 19.1. The fourth-order valence-corrected chi connectivity index (χ4v) is 3.63. The topological polar surface area (TPSA) is 75.0 Å². The van der Waals surface area contributed by atoms with Crippen molar-refractivity contribution >= 4 is 21.5 Å². The van der Waals surface area contributed by atoms with Crippen LogP contribution in [0.1, 0.15) is 11.1 Å². The Kier molecular flexibility index (Phi) is 5.58. The van der Waals surface area contributed by atoms with Gasteiger partial charge in [-0.05, 0) is 64.0 Å². The van der Waals surface area contributed by atoms with Gasteiger partial charge in [-0.1, -0.05) is 0 Å². The van der Waals surface area contributed by atoms with E-state index in [1.165, 1.54) is 0 Å². The monoisotopic (exact) mass is 370 g/mol. The standard InChI is InChI=1S/C21H26N2O4/c1-23-11-17-14-8-20(26-4)18(24-2)6-12(14)16(10-22)13-7-19(25-3)21(27-5)9-15(13)17/h6-9,23H,10-11,22H2,1-5H3. The van der Waals surface area contributed by atoms with E-state index in [0.29, 0.717) is 36.1 Å². The molecule has 0 aromatic heterocycles. The Balaban J connectivity index is 2.54. The van der Waals surface area contributed by atoms with Crippen LogP contribution in [0, 0.1) is 0 Å². The average Bonchev–Trinajstić information content (AvgIpc) is 2.71. The lowest BCUT2D eigenvalue weighted by Crippen LogP contribution is -2.09. The molecule has 0 fully saturated rings. The second-order valence-corrected chi connectivity index (χ2v) is 6.20. The van der Waals surface area contributed by atoms with Crippen molar-refractivity contribution in [1.29, 1.82) is 0 Å². The maximum absolute atomic E-state index is 6.17. The first-order chi connectivity index (χ1) is 13.1. The summed E-state index contributed by atoms with van der Waals surface area (Å²) in [7, 11) is 8.47. The van der Waals surface area contributed by atoms with Crippen molar-refractivity contribution in [1.82, 2.24) is 5.32 Å². The summed E-state index contributed by atoms with van der Waals surface area (Å²) in [5, 5.41) is 7.49. The molecule has 144 valence electrons. The summed E-state index contributed by atoms with van der Waals surface area (Å²) < 4.78 is 22.1. The van der Waals surface area contributed by atoms with Crippen molar-refractivity contribution in [3.05, 3.63) is 35.4 Å². The molecule has 0 saturated heterocycles. The van der Waals surface area contributed by atoms with Crippen LogP contribution in [0.2, 0.25) is 0 Å². The van der Waals surface area contributed by atoms with Crippen molar-refractivity contribution in [2.45, 2.75) is 13.1 Å². The molecule has 0 atom stereocenters. The van der Waals surface area contributed by atoms with Gasteiger partial charge in [0.25, 0.3) is 0 Å². The van der Waals surface area contributed by atoms with Crippen LogP contribution in [0.4, 0.5) is 0 Å². The Hall–Kier alpha value is -2.70. The molecule has 0 heterocycles. The molecule has 0 radical (unpaired) electrons. The number of nitrogens with one attached hydrogen (secondary N) is 1. The Bertz CT molecular complexity index is 912. The molecule has 0 bridgehead atoms. The van der Waals surface area contributed by atoms with Crippen molar-refractivity contribution in [2.24, 2.45) is 5.73 Å². The minimum Gasteiger partial charge on any atom is -0.493 e. The Morgan fingerprint density at radius 2 is 1.00 bits per heavy atom. The molecule has 0 unspecified atom stereocenters. The highest BCUT2D eigenvalue weighted by Gasteiger charge is 2.19. The molecule has 0 spiro atoms. The van der Waals surface area contributed by atoms with Gasteiger partial charge in [0, 0.05) is 13.1 Å². The number of ether oxygens (including phenoxy) is 4. The number of methoxy groups -OCH3 is 4. The Morgan fingerprint density at radius 3 is 1.26 bits per heavy atom. The first-order valence-corrected chi connectivity index (χ1v) is 8.73. The van der Waals surface area contributed by atoms with Gasteiger partial charge in [-0.25, -0.2) is 0 Å². The van der Waals surface area contributed by atoms with Gasteiger partial charge in [0.2, 0.25) is 0 Å². The van der Waals surface area contributed by atoms with Crippen molar-refractivity contribution in [2.75, 3.05) is 35.5 Å². The molecule has 0 amide bonds. The van der Waals surface area contributed by atoms with Crippen LogP contribution in [-0.4, -0.2) is 35.5 Å². The summed E-state index contributed by atoms with van der Waals surface area (Å²) in [5.41, 5.74) is 8.34. The summed E-state index contributed by atoms with van der Waals surface area (Å²) >= 11 is 0. The molecule has 3 rings (SSSR count). The summed E-state index contributed by atoms with van der Waals surface area (Å²) in [6.45, 7) is 1.07. The number of hydrogen-bond donors (Lipinski definition) is 2. The van der Waals surface area contributed by atoms with E-state index in [9.17, 15) is 0 Å². The lowest BCUT2D eigenvalue weighted by atomic mass is 9.90. The van der Waals surface area contributed by atoms with E-state index in [-0.39, 0.29) is 0 Å². The average molecular weight is 370 g/mol. The van der Waals surface area contributed by atoms with E-state index in [2.05, 4.69) is 5.32 Å². The van der Waals surface area contributed by atoms with Crippen LogP contribution in [0.5, 0.6) is 23.0 Å². The predicted molar refractivity (Wildman–Crippen MR) is 108 cm³/mol. The SMILES string of the molecule is CNCc1c2cc(OC)c(OC)cc2c(CN)c2cc(OC)c(OC)cc12. The van der Waals surface area contributed by atoms with Crippen LogP contribution in [0.15, 0.2) is 24.3 Å². The summed E-state index contributed by atoms with van der Waals surface area (Å²) in [4.78, 5) is 0. The van der Waals surface area contributed by atoms with Crippen LogP contribution >= 0.6 is 0 Å². The molecule has 3 aromatic rings. The molecule has 27 heavy (non-hydrogen) atoms. The van der Waals surface area contributed by atoms with Crippen LogP contribution in [0.3, 0.4) is 0 Å². The molecule has 6 heteroatoms. The third-order valence-corrected chi connectivity index (χ3v) is 4.91. The molecule has 0 saturated carbocycles. The number of rotatable bonds is 7. The second-order valence-electron chi connectivity index (χ2n) is 6.20. The van der Waals surface area contributed by atoms with Gasteiger partial charge in [0.05, 0.1) is 28.4 Å². The summed E-state index contributed by atoms with van der Waals surface area (Å²) in [6, 6.07) is 8.00. The molecule has 0 aliphatic rings. The fraction of sp³-hybridized carbons (Fsp3) is 0.333. The number of nitrogens with two attached hydrogens (primary N) is 1. The molecular weight excluding hydrogens is 344 g/mol. The Morgan fingerprint density at radius 1 is 0.667 bits per heavy atom. The van der Waals surface area contributed by atoms with Crippen LogP contribution in [-0.2, 0) is 13.1 Å². The molecule has 3 N–H and O–H groups in total. The quantitative estimate of drug-likeness (QED) is 0.622. The minimum absolute atomic E-state index is 0.387. The second kappa shape index (κ2) is 7.90. The van der Waals surface area contributed by atoms with Crippen molar-refractivity contribution in [3.8, 4) is 23.0 Å². The zero-order valence-electron chi connectivity index (χ0n) is 16.4. The van der Waals surface area contributed by atoms with Gasteiger partial charge in [0.1, 0.15) is 0 Å². The summed E-state index contributed by atoms with van der Waals surface area (Å²) in [6.07, 6.45) is 0. The zero-order chi connectivity index (χ0) is 19.6. The van der Waals surface area contributed by atoms with Crippen LogP contribution < -0.4 is 30.0 Å². The van der Waals surface area contributed by atoms with E-state index in [0.717, 1.165) is 32.7 Å². The smallest absolute Gasteiger partial charge is 0.161 e. The summed E-state index contributed by atoms with van der Waals surface area (Å²) in [5.74, 6) is 2.72. The lowest BCUT2D eigenvalue weighted by molar-refractivity contribution is 0.355. The van der Waals surface area contributed by atoms with Gasteiger partial charge in [-0.15, -0.1) is 0 Å². The zero-order valence-corrected chi connectivity index (χ0v) is 16.4. The van der Waals surface area contributed by atoms with Gasteiger partial charge in [-0.3, -0.25) is 0 Å². The van der Waals surface area contributed by atoms with E-state index >= 15 is 0 Å². The molecule has 3 aromatic carbocycles. The van der Waals surface area contributed by atoms with Gasteiger partial charge >= 0.3 is 0 Å². The van der Waals surface area contributed by atoms with E-state index in [1.807, 2.05) is 31.3 Å². The largest absolute Gasteiger partial charge is 0.493 e. The maximum atomic E-state index is 6.17. The normalized spacial score (nSPS) is 11.0. The van der Waals surface area contributed by atoms with Gasteiger partial charge < -0.3 is 30.0 Å². The molecule has 0 aliphatic heterocycles. The molecule has 0 aliphatic carbocycles. The van der Waals surface area contributed by atoms with Gasteiger partial charge in [0.15, 0.2) is 23.0 Å². The van der Waals surface area contributed by atoms with Gasteiger partial charge in [-0.2, -0.15) is 0 Å². The number of fused-ring (bicyclic) bond motifs is 2. The molecular formula is C21H26N2O4. The highest BCUT2D eigenvalue weighted by atomic mass is 16.5. The van der Waals surface area contributed by atoms with E-state index in [4.69, 9.17) is 24.7 Å². The maximum Gasteiger partial charge on any atom is 0.161 e. The lowest BCUT2D eigenvalue weighted by Gasteiger charge is -2.20. The van der Waals surface area contributed by atoms with Crippen molar-refractivity contribution < 1.29 is 18.9 Å². The number of hydrogen-bond acceptors (Lipinski definition) is 6. The third-order valence-electron chi connectivity index (χ3n) is 4.91. The molecule has 6 nitrogen and oxygen atoms in total. The minimum atomic E-state index is 0.387. The highest BCUT2D eigenvalue weighted by molar-refractivity contribution is 6.07. The Labute approximate surface area is 159 Å². The van der Waals surface area contributed by atoms with E-state index in [1.54, 1.807) is 28.4 Å². The fourth-order valence-electron chi connectivity index (χ4n) is 3.63. The highest BCUT2D eigenvalue weighted by Crippen LogP contribution is 2.42. The van der Waals surface area contributed by atoms with Crippen molar-refractivity contribution in [3.63, 3.8) is 0 Å². The first-order valence-electron chi connectivity index (χ1n) is 8.73.